The maximum atomic E-state index is 10.3. The molecular formula is C10H20O2. The first-order chi connectivity index (χ1) is 5.66. The molecule has 1 atom stereocenters. The number of hydrogen-bond acceptors (Lipinski definition) is 1. The molecule has 72 valence electrons. The SMILES string of the molecule is CCCCCC[C@H](C)CC(=O)O. The molecule has 0 saturated carbocycles. The lowest BCUT2D eigenvalue weighted by Gasteiger charge is -2.06. The molecule has 0 aromatic rings. The fraction of sp³-hybridized carbons (Fsp3) is 0.900. The Hall–Kier alpha value is -0.530. The number of carboxylic acid groups (broad SMARTS) is 1. The van der Waals surface area contributed by atoms with Gasteiger partial charge in [0.2, 0.25) is 0 Å². The molecule has 2 nitrogen and oxygen atoms in total. The zero-order valence-corrected chi connectivity index (χ0v) is 8.18. The van der Waals surface area contributed by atoms with Crippen LogP contribution in [0.4, 0.5) is 0 Å². The first-order valence-corrected chi connectivity index (χ1v) is 4.88. The van der Waals surface area contributed by atoms with E-state index in [2.05, 4.69) is 6.92 Å². The summed E-state index contributed by atoms with van der Waals surface area (Å²) in [5, 5.41) is 8.49. The standard InChI is InChI=1S/C10H20O2/c1-3-4-5-6-7-9(2)8-10(11)12/h9H,3-8H2,1-2H3,(H,11,12)/t9-/m0/s1. The second-order valence-corrected chi connectivity index (χ2v) is 3.55. The maximum absolute atomic E-state index is 10.3. The number of rotatable bonds is 7. The number of hydrogen-bond donors (Lipinski definition) is 1. The van der Waals surface area contributed by atoms with E-state index in [4.69, 9.17) is 5.11 Å². The Morgan fingerprint density at radius 1 is 1.33 bits per heavy atom. The fourth-order valence-corrected chi connectivity index (χ4v) is 1.32. The minimum absolute atomic E-state index is 0.326. The van der Waals surface area contributed by atoms with Crippen molar-refractivity contribution in [2.24, 2.45) is 5.92 Å². The molecule has 0 amide bonds. The van der Waals surface area contributed by atoms with Gasteiger partial charge in [-0.3, -0.25) is 4.79 Å². The van der Waals surface area contributed by atoms with Crippen molar-refractivity contribution in [2.45, 2.75) is 52.4 Å². The average molecular weight is 172 g/mol. The molecule has 0 aliphatic carbocycles. The molecule has 0 radical (unpaired) electrons. The second kappa shape index (κ2) is 7.14. The zero-order valence-electron chi connectivity index (χ0n) is 8.18. The number of carbonyl (C=O) groups is 1. The first kappa shape index (κ1) is 11.5. The summed E-state index contributed by atoms with van der Waals surface area (Å²) < 4.78 is 0. The normalized spacial score (nSPS) is 12.8. The van der Waals surface area contributed by atoms with E-state index in [1.807, 2.05) is 6.92 Å². The third-order valence-corrected chi connectivity index (χ3v) is 2.07. The summed E-state index contributed by atoms with van der Waals surface area (Å²) in [5.74, 6) is -0.322. The smallest absolute Gasteiger partial charge is 0.303 e. The Bertz CT molecular complexity index is 121. The van der Waals surface area contributed by atoms with Crippen LogP contribution in [0.2, 0.25) is 0 Å². The number of carboxylic acids is 1. The van der Waals surface area contributed by atoms with Gasteiger partial charge >= 0.3 is 5.97 Å². The Morgan fingerprint density at radius 2 is 2.00 bits per heavy atom. The van der Waals surface area contributed by atoms with Crippen molar-refractivity contribution in [3.05, 3.63) is 0 Å². The van der Waals surface area contributed by atoms with Crippen molar-refractivity contribution in [3.8, 4) is 0 Å². The van der Waals surface area contributed by atoms with E-state index in [0.29, 0.717) is 12.3 Å². The largest absolute Gasteiger partial charge is 0.481 e. The van der Waals surface area contributed by atoms with Gasteiger partial charge in [0.1, 0.15) is 0 Å². The van der Waals surface area contributed by atoms with Crippen LogP contribution in [0.1, 0.15) is 52.4 Å². The van der Waals surface area contributed by atoms with Gasteiger partial charge in [0, 0.05) is 6.42 Å². The second-order valence-electron chi connectivity index (χ2n) is 3.55. The molecule has 0 spiro atoms. The molecule has 0 fully saturated rings. The van der Waals surface area contributed by atoms with Gasteiger partial charge in [0.05, 0.1) is 0 Å². The predicted molar refractivity (Wildman–Crippen MR) is 50.2 cm³/mol. The summed E-state index contributed by atoms with van der Waals surface area (Å²) in [6.45, 7) is 4.20. The minimum atomic E-state index is -0.669. The average Bonchev–Trinajstić information content (AvgIpc) is 1.97. The van der Waals surface area contributed by atoms with E-state index in [9.17, 15) is 4.79 Å². The van der Waals surface area contributed by atoms with Gasteiger partial charge in [-0.1, -0.05) is 46.0 Å². The fourth-order valence-electron chi connectivity index (χ4n) is 1.32. The van der Waals surface area contributed by atoms with Crippen LogP contribution in [0.25, 0.3) is 0 Å². The molecule has 12 heavy (non-hydrogen) atoms. The molecule has 0 saturated heterocycles. The molecule has 0 bridgehead atoms. The molecule has 0 aliphatic rings. The van der Waals surface area contributed by atoms with Crippen molar-refractivity contribution < 1.29 is 9.90 Å². The monoisotopic (exact) mass is 172 g/mol. The zero-order chi connectivity index (χ0) is 9.40. The van der Waals surface area contributed by atoms with Gasteiger partial charge in [-0.25, -0.2) is 0 Å². The molecule has 0 heterocycles. The van der Waals surface area contributed by atoms with Gasteiger partial charge in [-0.15, -0.1) is 0 Å². The van der Waals surface area contributed by atoms with Gasteiger partial charge in [0.15, 0.2) is 0 Å². The Labute approximate surface area is 75.0 Å². The summed E-state index contributed by atoms with van der Waals surface area (Å²) in [6.07, 6.45) is 6.34. The first-order valence-electron chi connectivity index (χ1n) is 4.88. The van der Waals surface area contributed by atoms with Crippen LogP contribution < -0.4 is 0 Å². The molecule has 0 unspecified atom stereocenters. The summed E-state index contributed by atoms with van der Waals surface area (Å²) in [4.78, 5) is 10.3. The highest BCUT2D eigenvalue weighted by atomic mass is 16.4. The quantitative estimate of drug-likeness (QED) is 0.599. The van der Waals surface area contributed by atoms with Crippen molar-refractivity contribution in [1.82, 2.24) is 0 Å². The third-order valence-electron chi connectivity index (χ3n) is 2.07. The van der Waals surface area contributed by atoms with Crippen LogP contribution in [0.15, 0.2) is 0 Å². The van der Waals surface area contributed by atoms with E-state index in [-0.39, 0.29) is 0 Å². The molecule has 0 rings (SSSR count). The lowest BCUT2D eigenvalue weighted by Crippen LogP contribution is -2.03. The van der Waals surface area contributed by atoms with Crippen molar-refractivity contribution in [1.29, 1.82) is 0 Å². The van der Waals surface area contributed by atoms with Gasteiger partial charge < -0.3 is 5.11 Å². The maximum Gasteiger partial charge on any atom is 0.303 e. The lowest BCUT2D eigenvalue weighted by atomic mass is 10.00. The summed E-state index contributed by atoms with van der Waals surface area (Å²) in [6, 6.07) is 0. The highest BCUT2D eigenvalue weighted by molar-refractivity contribution is 5.66. The molecule has 0 aliphatic heterocycles. The van der Waals surface area contributed by atoms with Crippen LogP contribution >= 0.6 is 0 Å². The molecule has 0 aromatic heterocycles. The van der Waals surface area contributed by atoms with E-state index in [1.165, 1.54) is 25.7 Å². The summed E-state index contributed by atoms with van der Waals surface area (Å²) >= 11 is 0. The third kappa shape index (κ3) is 7.58. The number of aliphatic carboxylic acids is 1. The topological polar surface area (TPSA) is 37.3 Å². The number of unbranched alkanes of at least 4 members (excludes halogenated alkanes) is 3. The van der Waals surface area contributed by atoms with Crippen molar-refractivity contribution >= 4 is 5.97 Å². The van der Waals surface area contributed by atoms with Crippen LogP contribution in [0.5, 0.6) is 0 Å². The van der Waals surface area contributed by atoms with Gasteiger partial charge in [-0.05, 0) is 5.92 Å². The lowest BCUT2D eigenvalue weighted by molar-refractivity contribution is -0.138. The Morgan fingerprint density at radius 3 is 2.50 bits per heavy atom. The Balaban J connectivity index is 3.19. The van der Waals surface area contributed by atoms with Crippen LogP contribution in [0, 0.1) is 5.92 Å². The van der Waals surface area contributed by atoms with Crippen molar-refractivity contribution in [3.63, 3.8) is 0 Å². The van der Waals surface area contributed by atoms with Crippen LogP contribution in [0.3, 0.4) is 0 Å². The van der Waals surface area contributed by atoms with Crippen LogP contribution in [-0.4, -0.2) is 11.1 Å². The predicted octanol–water partition coefficient (Wildman–Crippen LogP) is 3.07. The molecule has 0 aromatic carbocycles. The summed E-state index contributed by atoms with van der Waals surface area (Å²) in [5.41, 5.74) is 0. The van der Waals surface area contributed by atoms with E-state index < -0.39 is 5.97 Å². The minimum Gasteiger partial charge on any atom is -0.481 e. The van der Waals surface area contributed by atoms with E-state index >= 15 is 0 Å². The van der Waals surface area contributed by atoms with E-state index in [1.54, 1.807) is 0 Å². The highest BCUT2D eigenvalue weighted by Crippen LogP contribution is 2.13. The highest BCUT2D eigenvalue weighted by Gasteiger charge is 2.06. The molecule has 1 N–H and O–H groups in total. The molecule has 2 heteroatoms. The molecular weight excluding hydrogens is 152 g/mol. The Kier molecular flexibility index (Phi) is 6.82. The van der Waals surface area contributed by atoms with Gasteiger partial charge in [0.25, 0.3) is 0 Å². The van der Waals surface area contributed by atoms with Crippen LogP contribution in [-0.2, 0) is 4.79 Å². The van der Waals surface area contributed by atoms with E-state index in [0.717, 1.165) is 6.42 Å². The van der Waals surface area contributed by atoms with Gasteiger partial charge in [-0.2, -0.15) is 0 Å². The summed E-state index contributed by atoms with van der Waals surface area (Å²) in [7, 11) is 0. The van der Waals surface area contributed by atoms with Crippen molar-refractivity contribution in [2.75, 3.05) is 0 Å².